The first kappa shape index (κ1) is 22.8. The number of ether oxygens (including phenoxy) is 1. The lowest BCUT2D eigenvalue weighted by molar-refractivity contribution is 0.0692. The van der Waals surface area contributed by atoms with E-state index in [0.717, 1.165) is 10.0 Å². The van der Waals surface area contributed by atoms with Crippen LogP contribution in [0.3, 0.4) is 0 Å². The predicted molar refractivity (Wildman–Crippen MR) is 124 cm³/mol. The van der Waals surface area contributed by atoms with E-state index in [1.807, 2.05) is 24.3 Å². The zero-order valence-corrected chi connectivity index (χ0v) is 20.2. The Morgan fingerprint density at radius 2 is 1.78 bits per heavy atom. The van der Waals surface area contributed by atoms with Gasteiger partial charge in [-0.2, -0.15) is 9.40 Å². The second-order valence-electron chi connectivity index (χ2n) is 7.17. The van der Waals surface area contributed by atoms with Crippen LogP contribution in [-0.4, -0.2) is 67.0 Å². The first-order valence-corrected chi connectivity index (χ1v) is 12.3. The summed E-state index contributed by atoms with van der Waals surface area (Å²) in [5.74, 6) is 0.00378. The second kappa shape index (κ2) is 9.22. The molecule has 168 valence electrons. The smallest absolute Gasteiger partial charge is 0.271 e. The minimum Gasteiger partial charge on any atom is -0.495 e. The fourth-order valence-electron chi connectivity index (χ4n) is 3.49. The summed E-state index contributed by atoms with van der Waals surface area (Å²) in [6.07, 6.45) is 0. The Balaban J connectivity index is 1.45. The van der Waals surface area contributed by atoms with E-state index < -0.39 is 10.0 Å². The fourth-order valence-corrected chi connectivity index (χ4v) is 5.60. The lowest BCUT2D eigenvalue weighted by Crippen LogP contribution is -2.50. The van der Waals surface area contributed by atoms with Gasteiger partial charge in [0.25, 0.3) is 5.91 Å². The molecule has 0 aliphatic carbocycles. The third-order valence-electron chi connectivity index (χ3n) is 5.22. The molecule has 3 aromatic rings. The highest BCUT2D eigenvalue weighted by atomic mass is 79.9. The van der Waals surface area contributed by atoms with Gasteiger partial charge >= 0.3 is 0 Å². The van der Waals surface area contributed by atoms with Gasteiger partial charge in [0.1, 0.15) is 16.3 Å². The van der Waals surface area contributed by atoms with Gasteiger partial charge in [-0.1, -0.05) is 39.7 Å². The van der Waals surface area contributed by atoms with Crippen LogP contribution in [0.1, 0.15) is 10.5 Å². The van der Waals surface area contributed by atoms with E-state index in [4.69, 9.17) is 16.3 Å². The van der Waals surface area contributed by atoms with Gasteiger partial charge in [0.05, 0.1) is 12.8 Å². The summed E-state index contributed by atoms with van der Waals surface area (Å²) in [5, 5.41) is 7.33. The van der Waals surface area contributed by atoms with Crippen molar-refractivity contribution in [3.8, 4) is 17.0 Å². The minimum absolute atomic E-state index is 0.0139. The number of amides is 1. The number of methoxy groups -OCH3 is 1. The number of halogens is 2. The van der Waals surface area contributed by atoms with Crippen LogP contribution in [0.5, 0.6) is 5.75 Å². The van der Waals surface area contributed by atoms with Crippen LogP contribution < -0.4 is 4.74 Å². The predicted octanol–water partition coefficient (Wildman–Crippen LogP) is 3.65. The average molecular weight is 540 g/mol. The molecule has 8 nitrogen and oxygen atoms in total. The van der Waals surface area contributed by atoms with E-state index in [9.17, 15) is 13.2 Å². The number of sulfonamides is 1. The summed E-state index contributed by atoms with van der Waals surface area (Å²) in [6, 6.07) is 13.8. The number of aromatic amines is 1. The quantitative estimate of drug-likeness (QED) is 0.534. The maximum Gasteiger partial charge on any atom is 0.271 e. The normalized spacial score (nSPS) is 15.0. The van der Waals surface area contributed by atoms with E-state index in [0.29, 0.717) is 16.4 Å². The number of carbonyl (C=O) groups excluding carboxylic acids is 1. The van der Waals surface area contributed by atoms with Crippen molar-refractivity contribution in [3.05, 3.63) is 63.7 Å². The molecule has 1 N–H and O–H groups in total. The summed E-state index contributed by atoms with van der Waals surface area (Å²) in [5.41, 5.74) is 1.90. The number of piperazine rings is 1. The van der Waals surface area contributed by atoms with E-state index in [1.165, 1.54) is 23.5 Å². The van der Waals surface area contributed by atoms with Crippen molar-refractivity contribution < 1.29 is 17.9 Å². The minimum atomic E-state index is -3.81. The number of aromatic nitrogens is 2. The Labute approximate surface area is 199 Å². The molecular weight excluding hydrogens is 520 g/mol. The van der Waals surface area contributed by atoms with Crippen LogP contribution in [0.25, 0.3) is 11.3 Å². The van der Waals surface area contributed by atoms with Crippen LogP contribution in [0, 0.1) is 0 Å². The molecule has 0 atom stereocenters. The second-order valence-corrected chi connectivity index (χ2v) is 10.4. The molecule has 0 radical (unpaired) electrons. The molecule has 1 aliphatic rings. The van der Waals surface area contributed by atoms with Crippen LogP contribution in [-0.2, 0) is 10.0 Å². The number of hydrogen-bond acceptors (Lipinski definition) is 5. The number of H-pyrrole nitrogens is 1. The highest BCUT2D eigenvalue weighted by Crippen LogP contribution is 2.30. The van der Waals surface area contributed by atoms with Gasteiger partial charge in [0.15, 0.2) is 0 Å². The summed E-state index contributed by atoms with van der Waals surface area (Å²) >= 11 is 9.40. The Bertz CT molecular complexity index is 1240. The third-order valence-corrected chi connectivity index (χ3v) is 7.90. The van der Waals surface area contributed by atoms with Crippen molar-refractivity contribution in [2.24, 2.45) is 0 Å². The molecule has 2 aromatic carbocycles. The SMILES string of the molecule is COc1ccc(Cl)cc1S(=O)(=O)N1CCN(C(=O)c2cc(-c3ccc(Br)cc3)n[nH]2)CC1. The topological polar surface area (TPSA) is 95.6 Å². The van der Waals surface area contributed by atoms with Gasteiger partial charge in [0.2, 0.25) is 10.0 Å². The number of carbonyl (C=O) groups is 1. The molecule has 0 unspecified atom stereocenters. The fraction of sp³-hybridized carbons (Fsp3) is 0.238. The molecule has 1 fully saturated rings. The Hall–Kier alpha value is -2.40. The van der Waals surface area contributed by atoms with Gasteiger partial charge in [-0.25, -0.2) is 8.42 Å². The largest absolute Gasteiger partial charge is 0.495 e. The highest BCUT2D eigenvalue weighted by molar-refractivity contribution is 9.10. The molecule has 32 heavy (non-hydrogen) atoms. The number of nitrogens with zero attached hydrogens (tertiary/aromatic N) is 3. The maximum atomic E-state index is 13.1. The van der Waals surface area contributed by atoms with Crippen molar-refractivity contribution >= 4 is 43.5 Å². The van der Waals surface area contributed by atoms with E-state index in [-0.39, 0.29) is 42.7 Å². The molecule has 11 heteroatoms. The van der Waals surface area contributed by atoms with Gasteiger partial charge < -0.3 is 9.64 Å². The van der Waals surface area contributed by atoms with Crippen molar-refractivity contribution in [2.75, 3.05) is 33.3 Å². The summed E-state index contributed by atoms with van der Waals surface area (Å²) < 4.78 is 33.7. The molecule has 2 heterocycles. The van der Waals surface area contributed by atoms with Crippen LogP contribution in [0.15, 0.2) is 57.9 Å². The molecule has 0 saturated carbocycles. The van der Waals surface area contributed by atoms with Crippen molar-refractivity contribution in [1.29, 1.82) is 0 Å². The third kappa shape index (κ3) is 4.54. The van der Waals surface area contributed by atoms with Crippen molar-refractivity contribution in [3.63, 3.8) is 0 Å². The first-order chi connectivity index (χ1) is 15.3. The Morgan fingerprint density at radius 1 is 1.09 bits per heavy atom. The molecule has 1 saturated heterocycles. The molecule has 0 spiro atoms. The first-order valence-electron chi connectivity index (χ1n) is 9.74. The lowest BCUT2D eigenvalue weighted by atomic mass is 10.1. The van der Waals surface area contributed by atoms with Crippen LogP contribution in [0.4, 0.5) is 0 Å². The Kier molecular flexibility index (Phi) is 6.57. The zero-order valence-electron chi connectivity index (χ0n) is 17.1. The molecule has 1 aromatic heterocycles. The van der Waals surface area contributed by atoms with Gasteiger partial charge in [-0.3, -0.25) is 9.89 Å². The zero-order chi connectivity index (χ0) is 22.9. The molecule has 1 amide bonds. The van der Waals surface area contributed by atoms with Gasteiger partial charge in [-0.15, -0.1) is 0 Å². The maximum absolute atomic E-state index is 13.1. The standard InChI is InChI=1S/C21H20BrClN4O4S/c1-31-19-7-6-16(23)12-20(19)32(29,30)27-10-8-26(9-11-27)21(28)18-13-17(24-25-18)14-2-4-15(22)5-3-14/h2-7,12-13H,8-11H2,1H3,(H,24,25). The van der Waals surface area contributed by atoms with Crippen LogP contribution in [0.2, 0.25) is 5.02 Å². The molecule has 4 rings (SSSR count). The number of hydrogen-bond donors (Lipinski definition) is 1. The Morgan fingerprint density at radius 3 is 2.44 bits per heavy atom. The summed E-state index contributed by atoms with van der Waals surface area (Å²) in [6.45, 7) is 0.843. The van der Waals surface area contributed by atoms with E-state index in [2.05, 4.69) is 26.1 Å². The number of rotatable bonds is 5. The summed E-state index contributed by atoms with van der Waals surface area (Å²) in [7, 11) is -2.41. The molecule has 0 bridgehead atoms. The lowest BCUT2D eigenvalue weighted by Gasteiger charge is -2.34. The molecular formula is C21H20BrClN4O4S. The van der Waals surface area contributed by atoms with Gasteiger partial charge in [-0.05, 0) is 36.4 Å². The van der Waals surface area contributed by atoms with Crippen molar-refractivity contribution in [1.82, 2.24) is 19.4 Å². The van der Waals surface area contributed by atoms with E-state index in [1.54, 1.807) is 17.0 Å². The average Bonchev–Trinajstić information content (AvgIpc) is 3.29. The van der Waals surface area contributed by atoms with Crippen LogP contribution >= 0.6 is 27.5 Å². The van der Waals surface area contributed by atoms with Crippen molar-refractivity contribution in [2.45, 2.75) is 4.90 Å². The monoisotopic (exact) mass is 538 g/mol. The highest BCUT2D eigenvalue weighted by Gasteiger charge is 2.33. The number of nitrogens with one attached hydrogen (secondary N) is 1. The number of benzene rings is 2. The van der Waals surface area contributed by atoms with Gasteiger partial charge in [0, 0.05) is 41.2 Å². The molecule has 1 aliphatic heterocycles. The van der Waals surface area contributed by atoms with E-state index >= 15 is 0 Å². The summed E-state index contributed by atoms with van der Waals surface area (Å²) in [4.78, 5) is 14.5.